The lowest BCUT2D eigenvalue weighted by Gasteiger charge is -2.21. The van der Waals surface area contributed by atoms with Gasteiger partial charge in [0.05, 0.1) is 21.9 Å². The fourth-order valence-electron chi connectivity index (χ4n) is 3.62. The van der Waals surface area contributed by atoms with E-state index in [1.165, 1.54) is 52.6 Å². The molecule has 1 atom stereocenters. The summed E-state index contributed by atoms with van der Waals surface area (Å²) in [6, 6.07) is 9.36. The van der Waals surface area contributed by atoms with Crippen LogP contribution in [0.3, 0.4) is 0 Å². The van der Waals surface area contributed by atoms with Crippen molar-refractivity contribution in [2.45, 2.75) is 13.0 Å². The van der Waals surface area contributed by atoms with Crippen LogP contribution in [0.15, 0.2) is 51.7 Å². The number of anilines is 1. The minimum absolute atomic E-state index is 0.101. The summed E-state index contributed by atoms with van der Waals surface area (Å²) in [6.07, 6.45) is 0. The highest BCUT2D eigenvalue weighted by molar-refractivity contribution is 7.15. The molecule has 0 bridgehead atoms. The van der Waals surface area contributed by atoms with Gasteiger partial charge in [0.1, 0.15) is 10.6 Å². The third-order valence-electron chi connectivity index (χ3n) is 4.97. The molecule has 1 amide bonds. The first-order valence-corrected chi connectivity index (χ1v) is 10.2. The van der Waals surface area contributed by atoms with E-state index in [0.717, 1.165) is 0 Å². The molecule has 0 aliphatic carbocycles. The van der Waals surface area contributed by atoms with Crippen LogP contribution in [0.25, 0.3) is 11.0 Å². The quantitative estimate of drug-likeness (QED) is 0.335. The molecule has 0 fully saturated rings. The molecule has 31 heavy (non-hydrogen) atoms. The molecular weight excluding hydrogens is 444 g/mol. The summed E-state index contributed by atoms with van der Waals surface area (Å²) in [6.45, 7) is 1.75. The van der Waals surface area contributed by atoms with E-state index in [4.69, 9.17) is 16.0 Å². The van der Waals surface area contributed by atoms with E-state index in [1.54, 1.807) is 13.0 Å². The fourth-order valence-corrected chi connectivity index (χ4v) is 4.51. The van der Waals surface area contributed by atoms with Crippen molar-refractivity contribution >= 4 is 50.6 Å². The first-order chi connectivity index (χ1) is 14.8. The maximum Gasteiger partial charge on any atom is 0.297 e. The SMILES string of the molecule is Cc1nnc(N2C(=O)c3oc4ccc(Cl)cc4c(=O)c3C2c2ccc([N+](=O)[O-])cc2)s1. The zero-order valence-corrected chi connectivity index (χ0v) is 17.3. The first-order valence-electron chi connectivity index (χ1n) is 8.99. The van der Waals surface area contributed by atoms with Crippen molar-refractivity contribution in [2.75, 3.05) is 4.90 Å². The molecule has 0 N–H and O–H groups in total. The standard InChI is InChI=1S/C20H11ClN4O5S/c1-9-22-23-20(31-9)24-16(10-2-5-12(6-3-10)25(28)29)15-17(26)13-8-11(21)4-7-14(13)30-18(15)19(24)27/h2-8,16H,1H3. The van der Waals surface area contributed by atoms with E-state index in [2.05, 4.69) is 10.2 Å². The molecule has 5 rings (SSSR count). The first kappa shape index (κ1) is 19.3. The molecule has 2 aromatic heterocycles. The molecule has 0 radical (unpaired) electrons. The predicted octanol–water partition coefficient (Wildman–Crippen LogP) is 4.26. The molecule has 9 nitrogen and oxygen atoms in total. The molecule has 1 aliphatic heterocycles. The summed E-state index contributed by atoms with van der Waals surface area (Å²) < 4.78 is 5.82. The van der Waals surface area contributed by atoms with Crippen LogP contribution in [-0.2, 0) is 0 Å². The van der Waals surface area contributed by atoms with E-state index >= 15 is 0 Å². The van der Waals surface area contributed by atoms with Crippen LogP contribution < -0.4 is 10.3 Å². The lowest BCUT2D eigenvalue weighted by molar-refractivity contribution is -0.384. The Morgan fingerprint density at radius 2 is 1.90 bits per heavy atom. The van der Waals surface area contributed by atoms with Crippen LogP contribution in [0.2, 0.25) is 5.02 Å². The normalized spacial score (nSPS) is 15.5. The highest BCUT2D eigenvalue weighted by atomic mass is 35.5. The van der Waals surface area contributed by atoms with Crippen molar-refractivity contribution < 1.29 is 14.1 Å². The lowest BCUT2D eigenvalue weighted by atomic mass is 9.98. The average molecular weight is 455 g/mol. The van der Waals surface area contributed by atoms with Crippen molar-refractivity contribution in [1.29, 1.82) is 0 Å². The van der Waals surface area contributed by atoms with Gasteiger partial charge in [-0.1, -0.05) is 22.9 Å². The number of fused-ring (bicyclic) bond motifs is 2. The molecule has 0 saturated carbocycles. The molecule has 3 heterocycles. The van der Waals surface area contributed by atoms with Crippen LogP contribution in [0, 0.1) is 17.0 Å². The number of aromatic nitrogens is 2. The summed E-state index contributed by atoms with van der Waals surface area (Å²) in [5.41, 5.74) is 0.350. The lowest BCUT2D eigenvalue weighted by Crippen LogP contribution is -2.29. The Morgan fingerprint density at radius 3 is 2.55 bits per heavy atom. The van der Waals surface area contributed by atoms with Gasteiger partial charge < -0.3 is 4.42 Å². The third-order valence-corrected chi connectivity index (χ3v) is 6.05. The highest BCUT2D eigenvalue weighted by Crippen LogP contribution is 2.42. The zero-order valence-electron chi connectivity index (χ0n) is 15.7. The van der Waals surface area contributed by atoms with E-state index in [0.29, 0.717) is 20.7 Å². The number of amides is 1. The topological polar surface area (TPSA) is 119 Å². The average Bonchev–Trinajstić information content (AvgIpc) is 3.30. The summed E-state index contributed by atoms with van der Waals surface area (Å²) >= 11 is 7.25. The number of non-ortho nitro benzene ring substituents is 1. The van der Waals surface area contributed by atoms with Crippen LogP contribution in [0.5, 0.6) is 0 Å². The highest BCUT2D eigenvalue weighted by Gasteiger charge is 2.45. The minimum atomic E-state index is -0.879. The Bertz CT molecular complexity index is 1450. The summed E-state index contributed by atoms with van der Waals surface area (Å²) in [7, 11) is 0. The number of carbonyl (C=O) groups excluding carboxylic acids is 1. The Morgan fingerprint density at radius 1 is 1.16 bits per heavy atom. The van der Waals surface area contributed by atoms with E-state index in [1.807, 2.05) is 0 Å². The second kappa shape index (κ2) is 6.96. The largest absolute Gasteiger partial charge is 0.450 e. The summed E-state index contributed by atoms with van der Waals surface area (Å²) in [5, 5.41) is 20.6. The fraction of sp³-hybridized carbons (Fsp3) is 0.100. The number of hydrogen-bond donors (Lipinski definition) is 0. The Balaban J connectivity index is 1.79. The molecular formula is C20H11ClN4O5S. The second-order valence-electron chi connectivity index (χ2n) is 6.84. The molecule has 2 aromatic carbocycles. The van der Waals surface area contributed by atoms with Crippen molar-refractivity contribution in [3.8, 4) is 0 Å². The smallest absolute Gasteiger partial charge is 0.297 e. The minimum Gasteiger partial charge on any atom is -0.450 e. The van der Waals surface area contributed by atoms with Crippen LogP contribution in [0.1, 0.15) is 32.7 Å². The second-order valence-corrected chi connectivity index (χ2v) is 8.44. The van der Waals surface area contributed by atoms with Gasteiger partial charge >= 0.3 is 0 Å². The molecule has 0 saturated heterocycles. The van der Waals surface area contributed by atoms with Crippen LogP contribution >= 0.6 is 22.9 Å². The number of hydrogen-bond acceptors (Lipinski definition) is 8. The molecule has 0 spiro atoms. The number of rotatable bonds is 3. The van der Waals surface area contributed by atoms with Gasteiger partial charge in [-0.05, 0) is 42.8 Å². The molecule has 4 aromatic rings. The van der Waals surface area contributed by atoms with Crippen molar-refractivity contribution in [1.82, 2.24) is 10.2 Å². The number of nitro benzene ring substituents is 1. The van der Waals surface area contributed by atoms with Gasteiger partial charge in [-0.2, -0.15) is 0 Å². The molecule has 1 aliphatic rings. The molecule has 11 heteroatoms. The van der Waals surface area contributed by atoms with Crippen molar-refractivity contribution in [3.63, 3.8) is 0 Å². The number of aryl methyl sites for hydroxylation is 1. The van der Waals surface area contributed by atoms with E-state index < -0.39 is 22.3 Å². The zero-order chi connectivity index (χ0) is 21.9. The Labute approximate surface area is 182 Å². The predicted molar refractivity (Wildman–Crippen MR) is 114 cm³/mol. The van der Waals surface area contributed by atoms with E-state index in [9.17, 15) is 19.7 Å². The number of halogens is 1. The monoisotopic (exact) mass is 454 g/mol. The van der Waals surface area contributed by atoms with Gasteiger partial charge in [-0.25, -0.2) is 0 Å². The number of benzene rings is 2. The van der Waals surface area contributed by atoms with Gasteiger partial charge in [0, 0.05) is 17.2 Å². The van der Waals surface area contributed by atoms with Gasteiger partial charge in [0.15, 0.2) is 5.43 Å². The van der Waals surface area contributed by atoms with Gasteiger partial charge in [0.2, 0.25) is 10.9 Å². The summed E-state index contributed by atoms with van der Waals surface area (Å²) in [4.78, 5) is 38.6. The van der Waals surface area contributed by atoms with Crippen molar-refractivity contribution in [2.24, 2.45) is 0 Å². The van der Waals surface area contributed by atoms with Gasteiger partial charge in [-0.3, -0.25) is 24.6 Å². The summed E-state index contributed by atoms with van der Waals surface area (Å²) in [5.74, 6) is -0.639. The van der Waals surface area contributed by atoms with Crippen LogP contribution in [0.4, 0.5) is 10.8 Å². The maximum atomic E-state index is 13.4. The third kappa shape index (κ3) is 2.99. The molecule has 1 unspecified atom stereocenters. The van der Waals surface area contributed by atoms with E-state index in [-0.39, 0.29) is 28.0 Å². The maximum absolute atomic E-state index is 13.4. The number of nitro groups is 1. The Hall–Kier alpha value is -3.63. The Kier molecular flexibility index (Phi) is 4.34. The van der Waals surface area contributed by atoms with Crippen LogP contribution in [-0.4, -0.2) is 21.0 Å². The number of nitrogens with zero attached hydrogens (tertiary/aromatic N) is 4. The molecule has 154 valence electrons. The number of carbonyl (C=O) groups is 1. The van der Waals surface area contributed by atoms with Crippen molar-refractivity contribution in [3.05, 3.63) is 89.7 Å². The van der Waals surface area contributed by atoms with Gasteiger partial charge in [0.25, 0.3) is 11.6 Å². The van der Waals surface area contributed by atoms with Gasteiger partial charge in [-0.15, -0.1) is 10.2 Å².